The van der Waals surface area contributed by atoms with Gasteiger partial charge in [-0.15, -0.1) is 0 Å². The van der Waals surface area contributed by atoms with Crippen molar-refractivity contribution in [2.24, 2.45) is 0 Å². The lowest BCUT2D eigenvalue weighted by Crippen LogP contribution is -2.41. The largest absolute Gasteiger partial charge is 0.497 e. The minimum absolute atomic E-state index is 0.0136. The third-order valence-electron chi connectivity index (χ3n) is 5.82. The van der Waals surface area contributed by atoms with Crippen molar-refractivity contribution in [1.29, 1.82) is 0 Å². The van der Waals surface area contributed by atoms with Crippen LogP contribution in [0.1, 0.15) is 5.56 Å². The van der Waals surface area contributed by atoms with Crippen LogP contribution >= 0.6 is 0 Å². The molecule has 0 unspecified atom stereocenters. The van der Waals surface area contributed by atoms with Crippen molar-refractivity contribution >= 4 is 5.95 Å². The number of methoxy groups -OCH3 is 1. The summed E-state index contributed by atoms with van der Waals surface area (Å²) in [5.41, 5.74) is 3.11. The summed E-state index contributed by atoms with van der Waals surface area (Å²) >= 11 is 0. The van der Waals surface area contributed by atoms with Crippen molar-refractivity contribution in [1.82, 2.24) is 15.3 Å². The Labute approximate surface area is 181 Å². The first kappa shape index (κ1) is 19.9. The van der Waals surface area contributed by atoms with E-state index in [-0.39, 0.29) is 24.3 Å². The fourth-order valence-corrected chi connectivity index (χ4v) is 4.16. The fraction of sp³-hybridized carbons (Fsp3) is 0.333. The van der Waals surface area contributed by atoms with E-state index in [1.807, 2.05) is 36.4 Å². The monoisotopic (exact) mass is 418 g/mol. The molecule has 0 spiro atoms. The van der Waals surface area contributed by atoms with Crippen molar-refractivity contribution < 1.29 is 14.2 Å². The molecule has 0 aliphatic carbocycles. The maximum absolute atomic E-state index is 6.08. The topological polar surface area (TPSA) is 77.5 Å². The number of hydrogen-bond donors (Lipinski definition) is 2. The lowest BCUT2D eigenvalue weighted by molar-refractivity contribution is 0.0675. The van der Waals surface area contributed by atoms with Gasteiger partial charge in [-0.05, 0) is 35.9 Å². The summed E-state index contributed by atoms with van der Waals surface area (Å²) in [5, 5.41) is 6.99. The fourth-order valence-electron chi connectivity index (χ4n) is 4.16. The van der Waals surface area contributed by atoms with Gasteiger partial charge >= 0.3 is 0 Å². The molecule has 0 radical (unpaired) electrons. The SMILES string of the molecule is COc1ccc(-c2ccnc(N[C@H]3CO[C@H]4[C@@H]3OC[C@@H]4NCc3ccccc3)n2)cc1. The molecular weight excluding hydrogens is 392 g/mol. The van der Waals surface area contributed by atoms with Gasteiger partial charge in [-0.25, -0.2) is 9.97 Å². The Hall–Kier alpha value is -3.00. The second kappa shape index (κ2) is 9.01. The van der Waals surface area contributed by atoms with E-state index in [4.69, 9.17) is 14.2 Å². The zero-order valence-corrected chi connectivity index (χ0v) is 17.4. The maximum Gasteiger partial charge on any atom is 0.223 e. The predicted molar refractivity (Wildman–Crippen MR) is 118 cm³/mol. The average Bonchev–Trinajstić information content (AvgIpc) is 3.42. The number of benzene rings is 2. The van der Waals surface area contributed by atoms with Gasteiger partial charge in [-0.1, -0.05) is 30.3 Å². The average molecular weight is 418 g/mol. The molecule has 5 rings (SSSR count). The van der Waals surface area contributed by atoms with E-state index in [0.717, 1.165) is 23.6 Å². The van der Waals surface area contributed by atoms with E-state index in [1.54, 1.807) is 13.3 Å². The predicted octanol–water partition coefficient (Wildman–Crippen LogP) is 2.89. The Kier molecular flexibility index (Phi) is 5.80. The number of ether oxygens (including phenoxy) is 3. The molecule has 7 heteroatoms. The number of hydrogen-bond acceptors (Lipinski definition) is 7. The molecule has 0 amide bonds. The van der Waals surface area contributed by atoms with Crippen molar-refractivity contribution in [3.05, 3.63) is 72.4 Å². The molecule has 7 nitrogen and oxygen atoms in total. The Balaban J connectivity index is 1.21. The minimum atomic E-state index is -0.0264. The second-order valence-electron chi connectivity index (χ2n) is 7.81. The molecule has 31 heavy (non-hydrogen) atoms. The summed E-state index contributed by atoms with van der Waals surface area (Å²) in [5.74, 6) is 1.39. The van der Waals surface area contributed by atoms with E-state index in [0.29, 0.717) is 19.2 Å². The molecule has 1 aromatic heterocycles. The minimum Gasteiger partial charge on any atom is -0.497 e. The molecule has 4 atom stereocenters. The van der Waals surface area contributed by atoms with Crippen molar-refractivity contribution in [3.63, 3.8) is 0 Å². The van der Waals surface area contributed by atoms with Gasteiger partial charge in [-0.3, -0.25) is 0 Å². The molecule has 160 valence electrons. The van der Waals surface area contributed by atoms with Gasteiger partial charge in [0.05, 0.1) is 38.1 Å². The second-order valence-corrected chi connectivity index (χ2v) is 7.81. The molecule has 2 saturated heterocycles. The quantitative estimate of drug-likeness (QED) is 0.611. The number of nitrogens with one attached hydrogen (secondary N) is 2. The summed E-state index contributed by atoms with van der Waals surface area (Å²) in [6.45, 7) is 1.99. The van der Waals surface area contributed by atoms with Crippen LogP contribution in [-0.2, 0) is 16.0 Å². The highest BCUT2D eigenvalue weighted by Crippen LogP contribution is 2.29. The van der Waals surface area contributed by atoms with Crippen LogP contribution in [0.5, 0.6) is 5.75 Å². The van der Waals surface area contributed by atoms with Crippen LogP contribution in [0.25, 0.3) is 11.3 Å². The Morgan fingerprint density at radius 1 is 0.935 bits per heavy atom. The normalized spacial score (nSPS) is 24.7. The Bertz CT molecular complexity index is 999. The van der Waals surface area contributed by atoms with Gasteiger partial charge in [0.25, 0.3) is 0 Å². The molecule has 0 bridgehead atoms. The molecule has 2 aromatic carbocycles. The molecule has 3 aromatic rings. The highest BCUT2D eigenvalue weighted by atomic mass is 16.6. The number of anilines is 1. The van der Waals surface area contributed by atoms with E-state index in [1.165, 1.54) is 5.56 Å². The summed E-state index contributed by atoms with van der Waals surface area (Å²) in [7, 11) is 1.66. The first-order chi connectivity index (χ1) is 15.3. The van der Waals surface area contributed by atoms with E-state index in [9.17, 15) is 0 Å². The first-order valence-electron chi connectivity index (χ1n) is 10.5. The van der Waals surface area contributed by atoms with Crippen LogP contribution in [0.15, 0.2) is 66.9 Å². The number of aromatic nitrogens is 2. The van der Waals surface area contributed by atoms with Gasteiger partial charge in [0.1, 0.15) is 18.0 Å². The van der Waals surface area contributed by atoms with Crippen LogP contribution in [0.2, 0.25) is 0 Å². The lowest BCUT2D eigenvalue weighted by atomic mass is 10.1. The third kappa shape index (κ3) is 4.39. The standard InChI is InChI=1S/C24H26N4O3/c1-29-18-9-7-17(8-10-18)19-11-12-25-24(27-19)28-21-15-31-22-20(14-30-23(21)22)26-13-16-5-3-2-4-6-16/h2-12,20-23,26H,13-15H2,1H3,(H,25,27,28)/t20-,21-,22+,23+/m0/s1. The van der Waals surface area contributed by atoms with Crippen molar-refractivity contribution in [2.75, 3.05) is 25.6 Å². The molecule has 2 aliphatic rings. The summed E-state index contributed by atoms with van der Waals surface area (Å²) < 4.78 is 17.4. The van der Waals surface area contributed by atoms with Gasteiger partial charge < -0.3 is 24.8 Å². The van der Waals surface area contributed by atoms with Crippen LogP contribution in [0.3, 0.4) is 0 Å². The zero-order chi connectivity index (χ0) is 21.0. The highest BCUT2D eigenvalue weighted by molar-refractivity contribution is 5.61. The smallest absolute Gasteiger partial charge is 0.223 e. The zero-order valence-electron chi connectivity index (χ0n) is 17.4. The molecule has 0 saturated carbocycles. The molecule has 3 heterocycles. The number of rotatable bonds is 7. The number of fused-ring (bicyclic) bond motifs is 1. The molecular formula is C24H26N4O3. The number of nitrogens with zero attached hydrogens (tertiary/aromatic N) is 2. The lowest BCUT2D eigenvalue weighted by Gasteiger charge is -2.18. The van der Waals surface area contributed by atoms with Crippen LogP contribution in [-0.4, -0.2) is 54.6 Å². The first-order valence-corrected chi connectivity index (χ1v) is 10.5. The van der Waals surface area contributed by atoms with E-state index in [2.05, 4.69) is 44.9 Å². The molecule has 2 fully saturated rings. The summed E-state index contributed by atoms with van der Waals surface area (Å²) in [6, 6.07) is 20.3. The van der Waals surface area contributed by atoms with Crippen LogP contribution in [0, 0.1) is 0 Å². The summed E-state index contributed by atoms with van der Waals surface area (Å²) in [6.07, 6.45) is 1.76. The Morgan fingerprint density at radius 3 is 2.45 bits per heavy atom. The van der Waals surface area contributed by atoms with Gasteiger partial charge in [0.15, 0.2) is 0 Å². The van der Waals surface area contributed by atoms with Gasteiger partial charge in [0.2, 0.25) is 5.95 Å². The molecule has 2 aliphatic heterocycles. The van der Waals surface area contributed by atoms with Crippen LogP contribution < -0.4 is 15.4 Å². The van der Waals surface area contributed by atoms with Crippen LogP contribution in [0.4, 0.5) is 5.95 Å². The Morgan fingerprint density at radius 2 is 1.68 bits per heavy atom. The van der Waals surface area contributed by atoms with Crippen molar-refractivity contribution in [3.8, 4) is 17.0 Å². The van der Waals surface area contributed by atoms with Gasteiger partial charge in [0, 0.05) is 18.3 Å². The van der Waals surface area contributed by atoms with Crippen molar-refractivity contribution in [2.45, 2.75) is 30.8 Å². The third-order valence-corrected chi connectivity index (χ3v) is 5.82. The summed E-state index contributed by atoms with van der Waals surface area (Å²) in [4.78, 5) is 9.08. The molecule has 2 N–H and O–H groups in total. The maximum atomic E-state index is 6.08. The van der Waals surface area contributed by atoms with E-state index >= 15 is 0 Å². The van der Waals surface area contributed by atoms with E-state index < -0.39 is 0 Å². The van der Waals surface area contributed by atoms with Gasteiger partial charge in [-0.2, -0.15) is 0 Å². The highest BCUT2D eigenvalue weighted by Gasteiger charge is 2.47.